The molecular formula is C18H20Cl2N4O. The Morgan fingerprint density at radius 3 is 2.32 bits per heavy atom. The average molecular weight is 379 g/mol. The van der Waals surface area contributed by atoms with E-state index >= 15 is 0 Å². The molecular weight excluding hydrogens is 359 g/mol. The van der Waals surface area contributed by atoms with Gasteiger partial charge in [-0.2, -0.15) is 0 Å². The van der Waals surface area contributed by atoms with Gasteiger partial charge >= 0.3 is 0 Å². The lowest BCUT2D eigenvalue weighted by atomic mass is 9.94. The Labute approximate surface area is 158 Å². The Morgan fingerprint density at radius 2 is 1.68 bits per heavy atom. The summed E-state index contributed by atoms with van der Waals surface area (Å²) in [4.78, 5) is 23.4. The van der Waals surface area contributed by atoms with E-state index in [9.17, 15) is 4.79 Å². The number of rotatable bonds is 3. The van der Waals surface area contributed by atoms with Gasteiger partial charge in [-0.1, -0.05) is 18.2 Å². The molecule has 2 aromatic heterocycles. The van der Waals surface area contributed by atoms with Gasteiger partial charge < -0.3 is 10.7 Å². The lowest BCUT2D eigenvalue weighted by Crippen LogP contribution is -2.28. The minimum absolute atomic E-state index is 0. The molecule has 25 heavy (non-hydrogen) atoms. The maximum Gasteiger partial charge on any atom is 0.251 e. The van der Waals surface area contributed by atoms with E-state index in [0.29, 0.717) is 11.5 Å². The van der Waals surface area contributed by atoms with Crippen molar-refractivity contribution in [2.24, 2.45) is 5.73 Å². The minimum atomic E-state index is -0.459. The Morgan fingerprint density at radius 1 is 1.00 bits per heavy atom. The van der Waals surface area contributed by atoms with Gasteiger partial charge in [-0.3, -0.25) is 9.78 Å². The molecule has 0 atom stereocenters. The minimum Gasteiger partial charge on any atom is -0.322 e. The zero-order chi connectivity index (χ0) is 16.4. The summed E-state index contributed by atoms with van der Waals surface area (Å²) in [6.07, 6.45) is 3.35. The van der Waals surface area contributed by atoms with Crippen molar-refractivity contribution in [2.75, 3.05) is 0 Å². The van der Waals surface area contributed by atoms with Gasteiger partial charge in [-0.05, 0) is 37.6 Å². The molecule has 2 heterocycles. The molecule has 3 aromatic rings. The van der Waals surface area contributed by atoms with Crippen LogP contribution < -0.4 is 11.3 Å². The topological polar surface area (TPSA) is 84.7 Å². The Hall–Kier alpha value is -2.21. The molecule has 0 unspecified atom stereocenters. The number of nitrogens with two attached hydrogens (primary N) is 1. The third-order valence-corrected chi connectivity index (χ3v) is 3.60. The first-order valence-corrected chi connectivity index (χ1v) is 7.35. The molecule has 0 spiro atoms. The summed E-state index contributed by atoms with van der Waals surface area (Å²) in [7, 11) is 0. The maximum atomic E-state index is 12.0. The number of hydrogen-bond acceptors (Lipinski definition) is 4. The molecule has 0 fully saturated rings. The van der Waals surface area contributed by atoms with Crippen LogP contribution in [0.15, 0.2) is 59.7 Å². The van der Waals surface area contributed by atoms with Crippen LogP contribution in [0.25, 0.3) is 22.6 Å². The second kappa shape index (κ2) is 8.25. The normalized spacial score (nSPS) is 10.5. The zero-order valence-electron chi connectivity index (χ0n) is 13.9. The molecule has 132 valence electrons. The summed E-state index contributed by atoms with van der Waals surface area (Å²) in [6.45, 7) is 3.88. The van der Waals surface area contributed by atoms with Gasteiger partial charge in [-0.25, -0.2) is 4.98 Å². The van der Waals surface area contributed by atoms with Crippen molar-refractivity contribution in [2.45, 2.75) is 19.4 Å². The van der Waals surface area contributed by atoms with Gasteiger partial charge in [0.15, 0.2) is 0 Å². The van der Waals surface area contributed by atoms with Gasteiger partial charge in [0, 0.05) is 35.1 Å². The Bertz CT molecular complexity index is 889. The van der Waals surface area contributed by atoms with E-state index in [-0.39, 0.29) is 30.4 Å². The smallest absolute Gasteiger partial charge is 0.251 e. The highest BCUT2D eigenvalue weighted by atomic mass is 35.5. The molecule has 0 saturated carbocycles. The third-order valence-electron chi connectivity index (χ3n) is 3.60. The largest absolute Gasteiger partial charge is 0.322 e. The lowest BCUT2D eigenvalue weighted by Gasteiger charge is -2.19. The Balaban J connectivity index is 0.00000156. The number of aromatic nitrogens is 3. The van der Waals surface area contributed by atoms with Crippen molar-refractivity contribution in [3.63, 3.8) is 0 Å². The van der Waals surface area contributed by atoms with Crippen LogP contribution in [0.4, 0.5) is 0 Å². The van der Waals surface area contributed by atoms with Gasteiger partial charge in [-0.15, -0.1) is 24.8 Å². The maximum absolute atomic E-state index is 12.0. The first kappa shape index (κ1) is 20.8. The number of nitrogens with zero attached hydrogens (tertiary/aromatic N) is 2. The zero-order valence-corrected chi connectivity index (χ0v) is 15.5. The predicted octanol–water partition coefficient (Wildman–Crippen LogP) is 3.54. The van der Waals surface area contributed by atoms with Crippen LogP contribution in [0.2, 0.25) is 0 Å². The van der Waals surface area contributed by atoms with E-state index in [4.69, 9.17) is 5.73 Å². The van der Waals surface area contributed by atoms with E-state index < -0.39 is 5.54 Å². The standard InChI is InChI=1S/C18H18N4O.2ClH/c1-18(2,19)14-5-3-4-13(10-14)17-21-15(11-16(23)22-17)12-6-8-20-9-7-12;;/h3-11H,19H2,1-2H3,(H,21,22,23);2*1H. The monoisotopic (exact) mass is 378 g/mol. The SMILES string of the molecule is CC(C)(N)c1cccc(-c2nc(-c3ccncc3)cc(=O)[nH]2)c1.Cl.Cl. The summed E-state index contributed by atoms with van der Waals surface area (Å²) < 4.78 is 0. The highest BCUT2D eigenvalue weighted by Crippen LogP contribution is 2.23. The fraction of sp³-hybridized carbons (Fsp3) is 0.167. The van der Waals surface area contributed by atoms with Crippen molar-refractivity contribution in [3.8, 4) is 22.6 Å². The van der Waals surface area contributed by atoms with Gasteiger partial charge in [0.1, 0.15) is 5.82 Å². The quantitative estimate of drug-likeness (QED) is 0.729. The second-order valence-electron chi connectivity index (χ2n) is 6.02. The summed E-state index contributed by atoms with van der Waals surface area (Å²) in [5, 5.41) is 0. The highest BCUT2D eigenvalue weighted by Gasteiger charge is 2.15. The molecule has 0 amide bonds. The number of nitrogens with one attached hydrogen (secondary N) is 1. The fourth-order valence-corrected chi connectivity index (χ4v) is 2.33. The summed E-state index contributed by atoms with van der Waals surface area (Å²) >= 11 is 0. The average Bonchev–Trinajstić information content (AvgIpc) is 2.54. The lowest BCUT2D eigenvalue weighted by molar-refractivity contribution is 0.554. The van der Waals surface area contributed by atoms with Gasteiger partial charge in [0.05, 0.1) is 5.69 Å². The predicted molar refractivity (Wildman–Crippen MR) is 105 cm³/mol. The van der Waals surface area contributed by atoms with Crippen molar-refractivity contribution < 1.29 is 0 Å². The highest BCUT2D eigenvalue weighted by molar-refractivity contribution is 5.85. The van der Waals surface area contributed by atoms with Crippen LogP contribution >= 0.6 is 24.8 Å². The van der Waals surface area contributed by atoms with Crippen LogP contribution in [0.1, 0.15) is 19.4 Å². The van der Waals surface area contributed by atoms with Crippen molar-refractivity contribution >= 4 is 24.8 Å². The molecule has 3 N–H and O–H groups in total. The van der Waals surface area contributed by atoms with E-state index in [0.717, 1.165) is 16.7 Å². The van der Waals surface area contributed by atoms with Gasteiger partial charge in [0.25, 0.3) is 5.56 Å². The van der Waals surface area contributed by atoms with E-state index in [1.165, 1.54) is 6.07 Å². The molecule has 0 saturated heterocycles. The number of benzene rings is 1. The molecule has 0 aliphatic rings. The molecule has 0 radical (unpaired) electrons. The van der Waals surface area contributed by atoms with E-state index in [1.807, 2.05) is 50.2 Å². The van der Waals surface area contributed by atoms with Crippen LogP contribution in [-0.2, 0) is 5.54 Å². The van der Waals surface area contributed by atoms with Crippen LogP contribution in [0, 0.1) is 0 Å². The summed E-state index contributed by atoms with van der Waals surface area (Å²) in [5.74, 6) is 0.524. The van der Waals surface area contributed by atoms with Gasteiger partial charge in [0.2, 0.25) is 0 Å². The molecule has 0 bridgehead atoms. The fourth-order valence-electron chi connectivity index (χ4n) is 2.33. The number of H-pyrrole nitrogens is 1. The van der Waals surface area contributed by atoms with Crippen molar-refractivity contribution in [1.82, 2.24) is 15.0 Å². The first-order chi connectivity index (χ1) is 10.9. The first-order valence-electron chi connectivity index (χ1n) is 7.35. The second-order valence-corrected chi connectivity index (χ2v) is 6.02. The summed E-state index contributed by atoms with van der Waals surface area (Å²) in [5.41, 5.74) is 8.77. The number of hydrogen-bond donors (Lipinski definition) is 2. The number of halogens is 2. The molecule has 0 aliphatic heterocycles. The number of aromatic amines is 1. The third kappa shape index (κ3) is 4.89. The summed E-state index contributed by atoms with van der Waals surface area (Å²) in [6, 6.07) is 12.9. The Kier molecular flexibility index (Phi) is 6.87. The van der Waals surface area contributed by atoms with E-state index in [2.05, 4.69) is 15.0 Å². The van der Waals surface area contributed by atoms with Crippen molar-refractivity contribution in [3.05, 3.63) is 70.8 Å². The van der Waals surface area contributed by atoms with Crippen LogP contribution in [0.5, 0.6) is 0 Å². The molecule has 3 rings (SSSR count). The molecule has 1 aromatic carbocycles. The molecule has 0 aliphatic carbocycles. The molecule has 5 nitrogen and oxygen atoms in total. The van der Waals surface area contributed by atoms with Crippen LogP contribution in [-0.4, -0.2) is 15.0 Å². The van der Waals surface area contributed by atoms with Crippen LogP contribution in [0.3, 0.4) is 0 Å². The van der Waals surface area contributed by atoms with E-state index in [1.54, 1.807) is 12.4 Å². The number of pyridine rings is 1. The van der Waals surface area contributed by atoms with Crippen molar-refractivity contribution in [1.29, 1.82) is 0 Å². The molecule has 7 heteroatoms.